The molecule has 1 N–H and O–H groups in total. The van der Waals surface area contributed by atoms with Crippen molar-refractivity contribution >= 4 is 17.7 Å². The maximum atomic E-state index is 12.5. The van der Waals surface area contributed by atoms with E-state index in [1.165, 1.54) is 5.56 Å². The molecule has 1 aliphatic rings. The number of amides is 2. The standard InChI is InChI=1S/C18H26N2O3/c1-5-23-17(21)15-7-6-8-20(11-15)18(22)19-16-13(3)9-12(2)10-14(16)4/h9-10,15H,5-8,11H2,1-4H3,(H,19,22)/t15-/m0/s1. The molecule has 1 aliphatic heterocycles. The fourth-order valence-electron chi connectivity index (χ4n) is 3.18. The number of likely N-dealkylation sites (tertiary alicyclic amines) is 1. The number of rotatable bonds is 3. The predicted octanol–water partition coefficient (Wildman–Crippen LogP) is 3.42. The van der Waals surface area contributed by atoms with Gasteiger partial charge in [-0.3, -0.25) is 4.79 Å². The average Bonchev–Trinajstić information content (AvgIpc) is 2.51. The van der Waals surface area contributed by atoms with E-state index in [4.69, 9.17) is 4.74 Å². The zero-order valence-corrected chi connectivity index (χ0v) is 14.4. The van der Waals surface area contributed by atoms with Crippen molar-refractivity contribution < 1.29 is 14.3 Å². The molecule has 0 aliphatic carbocycles. The Morgan fingerprint density at radius 2 is 1.91 bits per heavy atom. The Balaban J connectivity index is 2.05. The zero-order chi connectivity index (χ0) is 17.0. The van der Waals surface area contributed by atoms with Gasteiger partial charge in [-0.1, -0.05) is 17.7 Å². The van der Waals surface area contributed by atoms with Crippen LogP contribution in [-0.2, 0) is 9.53 Å². The van der Waals surface area contributed by atoms with Crippen LogP contribution in [0, 0.1) is 26.7 Å². The molecule has 0 radical (unpaired) electrons. The topological polar surface area (TPSA) is 58.6 Å². The largest absolute Gasteiger partial charge is 0.466 e. The van der Waals surface area contributed by atoms with E-state index >= 15 is 0 Å². The number of hydrogen-bond donors (Lipinski definition) is 1. The number of benzene rings is 1. The number of nitrogens with one attached hydrogen (secondary N) is 1. The van der Waals surface area contributed by atoms with Gasteiger partial charge in [-0.15, -0.1) is 0 Å². The van der Waals surface area contributed by atoms with Crippen molar-refractivity contribution in [2.45, 2.75) is 40.5 Å². The lowest BCUT2D eigenvalue weighted by molar-refractivity contribution is -0.149. The summed E-state index contributed by atoms with van der Waals surface area (Å²) in [5.74, 6) is -0.414. The molecule has 1 heterocycles. The first kappa shape index (κ1) is 17.3. The van der Waals surface area contributed by atoms with Gasteiger partial charge in [0.1, 0.15) is 0 Å². The van der Waals surface area contributed by atoms with E-state index in [0.29, 0.717) is 19.7 Å². The minimum Gasteiger partial charge on any atom is -0.466 e. The Labute approximate surface area is 138 Å². The first-order valence-electron chi connectivity index (χ1n) is 8.22. The van der Waals surface area contributed by atoms with E-state index in [1.807, 2.05) is 20.8 Å². The molecule has 5 heteroatoms. The number of piperidine rings is 1. The number of carbonyl (C=O) groups excluding carboxylic acids is 2. The molecule has 2 amide bonds. The van der Waals surface area contributed by atoms with Gasteiger partial charge in [-0.25, -0.2) is 4.79 Å². The molecule has 126 valence electrons. The van der Waals surface area contributed by atoms with Crippen molar-refractivity contribution in [2.24, 2.45) is 5.92 Å². The SMILES string of the molecule is CCOC(=O)[C@H]1CCCN(C(=O)Nc2c(C)cc(C)cc2C)C1. The average molecular weight is 318 g/mol. The van der Waals surface area contributed by atoms with Gasteiger partial charge in [0.2, 0.25) is 0 Å². The smallest absolute Gasteiger partial charge is 0.321 e. The van der Waals surface area contributed by atoms with Gasteiger partial charge in [0.05, 0.1) is 12.5 Å². The van der Waals surface area contributed by atoms with E-state index in [9.17, 15) is 9.59 Å². The number of esters is 1. The monoisotopic (exact) mass is 318 g/mol. The van der Waals surface area contributed by atoms with Gasteiger partial charge in [0.15, 0.2) is 0 Å². The molecule has 0 aromatic heterocycles. The second-order valence-electron chi connectivity index (χ2n) is 6.24. The Hall–Kier alpha value is -2.04. The molecule has 0 spiro atoms. The van der Waals surface area contributed by atoms with Gasteiger partial charge in [-0.05, 0) is 51.7 Å². The Morgan fingerprint density at radius 1 is 1.26 bits per heavy atom. The van der Waals surface area contributed by atoms with E-state index < -0.39 is 0 Å². The molecule has 1 fully saturated rings. The molecule has 1 atom stereocenters. The molecule has 1 aromatic carbocycles. The summed E-state index contributed by atoms with van der Waals surface area (Å²) in [4.78, 5) is 26.1. The maximum Gasteiger partial charge on any atom is 0.321 e. The van der Waals surface area contributed by atoms with Crippen LogP contribution < -0.4 is 5.32 Å². The lowest BCUT2D eigenvalue weighted by atomic mass is 9.98. The summed E-state index contributed by atoms with van der Waals surface area (Å²) < 4.78 is 5.08. The molecule has 23 heavy (non-hydrogen) atoms. The highest BCUT2D eigenvalue weighted by Gasteiger charge is 2.29. The first-order valence-corrected chi connectivity index (χ1v) is 8.22. The van der Waals surface area contributed by atoms with E-state index in [0.717, 1.165) is 29.7 Å². The van der Waals surface area contributed by atoms with Crippen molar-refractivity contribution in [1.29, 1.82) is 0 Å². The van der Waals surface area contributed by atoms with Crippen LogP contribution in [0.4, 0.5) is 10.5 Å². The highest BCUT2D eigenvalue weighted by Crippen LogP contribution is 2.24. The second kappa shape index (κ2) is 7.49. The van der Waals surface area contributed by atoms with Crippen molar-refractivity contribution in [2.75, 3.05) is 25.0 Å². The number of ether oxygens (including phenoxy) is 1. The van der Waals surface area contributed by atoms with Crippen LogP contribution in [-0.4, -0.2) is 36.6 Å². The van der Waals surface area contributed by atoms with Gasteiger partial charge in [-0.2, -0.15) is 0 Å². The minimum absolute atomic E-state index is 0.144. The molecular weight excluding hydrogens is 292 g/mol. The van der Waals surface area contributed by atoms with E-state index in [1.54, 1.807) is 11.8 Å². The Bertz CT molecular complexity index is 575. The third-order valence-corrected chi connectivity index (χ3v) is 4.24. The zero-order valence-electron chi connectivity index (χ0n) is 14.4. The number of hydrogen-bond acceptors (Lipinski definition) is 3. The van der Waals surface area contributed by atoms with Crippen molar-refractivity contribution in [1.82, 2.24) is 4.90 Å². The molecule has 0 unspecified atom stereocenters. The maximum absolute atomic E-state index is 12.5. The fourth-order valence-corrected chi connectivity index (χ4v) is 3.18. The van der Waals surface area contributed by atoms with Crippen LogP contribution in [0.5, 0.6) is 0 Å². The van der Waals surface area contributed by atoms with Gasteiger partial charge >= 0.3 is 12.0 Å². The minimum atomic E-state index is -0.213. The molecule has 0 saturated carbocycles. The molecule has 1 aromatic rings. The number of nitrogens with zero attached hydrogens (tertiary/aromatic N) is 1. The second-order valence-corrected chi connectivity index (χ2v) is 6.24. The van der Waals surface area contributed by atoms with Crippen molar-refractivity contribution in [3.63, 3.8) is 0 Å². The van der Waals surface area contributed by atoms with Gasteiger partial charge in [0, 0.05) is 18.8 Å². The number of aryl methyl sites for hydroxylation is 3. The lowest BCUT2D eigenvalue weighted by Crippen LogP contribution is -2.44. The Kier molecular flexibility index (Phi) is 5.64. The van der Waals surface area contributed by atoms with Crippen LogP contribution in [0.1, 0.15) is 36.5 Å². The first-order chi connectivity index (χ1) is 10.9. The highest BCUT2D eigenvalue weighted by atomic mass is 16.5. The summed E-state index contributed by atoms with van der Waals surface area (Å²) in [7, 11) is 0. The van der Waals surface area contributed by atoms with Crippen LogP contribution >= 0.6 is 0 Å². The lowest BCUT2D eigenvalue weighted by Gasteiger charge is -2.32. The molecule has 1 saturated heterocycles. The predicted molar refractivity (Wildman–Crippen MR) is 90.6 cm³/mol. The van der Waals surface area contributed by atoms with E-state index in [2.05, 4.69) is 17.4 Å². The number of carbonyl (C=O) groups is 2. The van der Waals surface area contributed by atoms with Crippen molar-refractivity contribution in [3.05, 3.63) is 28.8 Å². The van der Waals surface area contributed by atoms with Gasteiger partial charge < -0.3 is 15.0 Å². The van der Waals surface area contributed by atoms with Crippen LogP contribution in [0.3, 0.4) is 0 Å². The third kappa shape index (κ3) is 4.24. The molecule has 0 bridgehead atoms. The summed E-state index contributed by atoms with van der Waals surface area (Å²) in [5, 5.41) is 3.00. The molecular formula is C18H26N2O3. The van der Waals surface area contributed by atoms with Crippen molar-refractivity contribution in [3.8, 4) is 0 Å². The molecule has 5 nitrogen and oxygen atoms in total. The van der Waals surface area contributed by atoms with Gasteiger partial charge in [0.25, 0.3) is 0 Å². The normalized spacial score (nSPS) is 17.7. The summed E-state index contributed by atoms with van der Waals surface area (Å²) in [6.07, 6.45) is 1.61. The Morgan fingerprint density at radius 3 is 2.52 bits per heavy atom. The molecule has 2 rings (SSSR count). The number of anilines is 1. The highest BCUT2D eigenvalue weighted by molar-refractivity contribution is 5.91. The van der Waals surface area contributed by atoms with Crippen LogP contribution in [0.15, 0.2) is 12.1 Å². The fraction of sp³-hybridized carbons (Fsp3) is 0.556. The quantitative estimate of drug-likeness (QED) is 0.869. The van der Waals surface area contributed by atoms with E-state index in [-0.39, 0.29) is 17.9 Å². The summed E-state index contributed by atoms with van der Waals surface area (Å²) in [5.41, 5.74) is 4.14. The summed E-state index contributed by atoms with van der Waals surface area (Å²) >= 11 is 0. The summed E-state index contributed by atoms with van der Waals surface area (Å²) in [6, 6.07) is 3.97. The van der Waals surface area contributed by atoms with Crippen LogP contribution in [0.2, 0.25) is 0 Å². The summed E-state index contributed by atoms with van der Waals surface area (Å²) in [6.45, 7) is 9.30. The third-order valence-electron chi connectivity index (χ3n) is 4.24. The number of urea groups is 1. The van der Waals surface area contributed by atoms with Crippen LogP contribution in [0.25, 0.3) is 0 Å².